The van der Waals surface area contributed by atoms with Gasteiger partial charge in [-0.25, -0.2) is 0 Å². The van der Waals surface area contributed by atoms with Crippen LogP contribution in [0.25, 0.3) is 10.9 Å². The molecule has 0 saturated heterocycles. The molecule has 0 aliphatic carbocycles. The number of nitriles is 1. The second-order valence-electron chi connectivity index (χ2n) is 6.33. The summed E-state index contributed by atoms with van der Waals surface area (Å²) in [5, 5.41) is 10.3. The summed E-state index contributed by atoms with van der Waals surface area (Å²) >= 11 is 0. The van der Waals surface area contributed by atoms with Crippen LogP contribution in [0.4, 0.5) is 0 Å². The zero-order valence-corrected chi connectivity index (χ0v) is 12.3. The highest BCUT2D eigenvalue weighted by molar-refractivity contribution is 5.82. The first-order valence-electron chi connectivity index (χ1n) is 6.97. The molecule has 0 radical (unpaired) electrons. The molecule has 2 nitrogen and oxygen atoms in total. The number of fused-ring (bicyclic) bond motifs is 1. The second-order valence-corrected chi connectivity index (χ2v) is 6.33. The van der Waals surface area contributed by atoms with Gasteiger partial charge in [0.15, 0.2) is 0 Å². The Morgan fingerprint density at radius 3 is 2.53 bits per heavy atom. The lowest BCUT2D eigenvalue weighted by Crippen LogP contribution is -2.09. The fourth-order valence-electron chi connectivity index (χ4n) is 2.46. The van der Waals surface area contributed by atoms with Crippen molar-refractivity contribution in [1.82, 2.24) is 4.57 Å². The summed E-state index contributed by atoms with van der Waals surface area (Å²) in [6, 6.07) is 10.4. The highest BCUT2D eigenvalue weighted by Crippen LogP contribution is 2.26. The van der Waals surface area contributed by atoms with Crippen LogP contribution in [0.2, 0.25) is 0 Å². The maximum atomic E-state index is 9.02. The van der Waals surface area contributed by atoms with E-state index < -0.39 is 0 Å². The van der Waals surface area contributed by atoms with Gasteiger partial charge in [-0.2, -0.15) is 5.26 Å². The molecule has 19 heavy (non-hydrogen) atoms. The van der Waals surface area contributed by atoms with Crippen molar-refractivity contribution in [2.75, 3.05) is 0 Å². The number of nitrogens with zero attached hydrogens (tertiary/aromatic N) is 2. The fraction of sp³-hybridized carbons (Fsp3) is 0.471. The number of aryl methyl sites for hydroxylation is 2. The van der Waals surface area contributed by atoms with Gasteiger partial charge in [0.05, 0.1) is 11.6 Å². The summed E-state index contributed by atoms with van der Waals surface area (Å²) in [4.78, 5) is 0. The fourth-order valence-corrected chi connectivity index (χ4v) is 2.46. The third-order valence-electron chi connectivity index (χ3n) is 3.57. The summed E-state index contributed by atoms with van der Waals surface area (Å²) in [5.74, 6) is 0. The average Bonchev–Trinajstić information content (AvgIpc) is 2.71. The van der Waals surface area contributed by atoms with E-state index in [9.17, 15) is 0 Å². The zero-order valence-electron chi connectivity index (χ0n) is 12.3. The SMILES string of the molecule is CCn1c(CCC(C)(C)C)cc2ccc(C#N)cc21. The van der Waals surface area contributed by atoms with Gasteiger partial charge < -0.3 is 4.57 Å². The molecule has 0 fully saturated rings. The molecule has 1 aromatic carbocycles. The van der Waals surface area contributed by atoms with E-state index in [0.29, 0.717) is 5.41 Å². The van der Waals surface area contributed by atoms with Crippen LogP contribution in [0.3, 0.4) is 0 Å². The number of hydrogen-bond acceptors (Lipinski definition) is 1. The molecular formula is C17H22N2. The Hall–Kier alpha value is -1.75. The van der Waals surface area contributed by atoms with Crippen LogP contribution in [0.5, 0.6) is 0 Å². The van der Waals surface area contributed by atoms with Crippen LogP contribution in [0.15, 0.2) is 24.3 Å². The largest absolute Gasteiger partial charge is 0.345 e. The van der Waals surface area contributed by atoms with E-state index in [1.807, 2.05) is 12.1 Å². The predicted molar refractivity (Wildman–Crippen MR) is 80.1 cm³/mol. The quantitative estimate of drug-likeness (QED) is 0.792. The molecule has 0 bridgehead atoms. The molecule has 0 atom stereocenters. The van der Waals surface area contributed by atoms with Crippen molar-refractivity contribution < 1.29 is 0 Å². The molecule has 2 heteroatoms. The van der Waals surface area contributed by atoms with E-state index in [0.717, 1.165) is 18.5 Å². The molecule has 0 spiro atoms. The number of benzene rings is 1. The molecule has 0 N–H and O–H groups in total. The highest BCUT2D eigenvalue weighted by atomic mass is 15.0. The number of aromatic nitrogens is 1. The third kappa shape index (κ3) is 2.98. The standard InChI is InChI=1S/C17H22N2/c1-5-19-15(8-9-17(2,3)4)11-14-7-6-13(12-18)10-16(14)19/h6-7,10-11H,5,8-9H2,1-4H3. The average molecular weight is 254 g/mol. The van der Waals surface area contributed by atoms with Crippen LogP contribution >= 0.6 is 0 Å². The van der Waals surface area contributed by atoms with Gasteiger partial charge in [-0.05, 0) is 48.8 Å². The van der Waals surface area contributed by atoms with Crippen LogP contribution in [-0.4, -0.2) is 4.57 Å². The Labute approximate surface area is 115 Å². The van der Waals surface area contributed by atoms with Gasteiger partial charge in [0.25, 0.3) is 0 Å². The summed E-state index contributed by atoms with van der Waals surface area (Å²) in [5.41, 5.74) is 3.66. The molecule has 0 saturated carbocycles. The van der Waals surface area contributed by atoms with Crippen molar-refractivity contribution >= 4 is 10.9 Å². The molecule has 100 valence electrons. The van der Waals surface area contributed by atoms with Crippen molar-refractivity contribution in [3.63, 3.8) is 0 Å². The first-order valence-corrected chi connectivity index (χ1v) is 6.97. The Morgan fingerprint density at radius 2 is 1.95 bits per heavy atom. The molecule has 0 unspecified atom stereocenters. The smallest absolute Gasteiger partial charge is 0.0992 e. The van der Waals surface area contributed by atoms with E-state index in [-0.39, 0.29) is 0 Å². The molecule has 2 aromatic rings. The molecule has 1 heterocycles. The van der Waals surface area contributed by atoms with Gasteiger partial charge in [-0.15, -0.1) is 0 Å². The summed E-state index contributed by atoms with van der Waals surface area (Å²) < 4.78 is 2.34. The minimum Gasteiger partial charge on any atom is -0.345 e. The van der Waals surface area contributed by atoms with Crippen LogP contribution in [-0.2, 0) is 13.0 Å². The predicted octanol–water partition coefficient (Wildman–Crippen LogP) is 4.51. The van der Waals surface area contributed by atoms with Gasteiger partial charge in [-0.3, -0.25) is 0 Å². The van der Waals surface area contributed by atoms with Gasteiger partial charge >= 0.3 is 0 Å². The number of rotatable bonds is 3. The highest BCUT2D eigenvalue weighted by Gasteiger charge is 2.13. The van der Waals surface area contributed by atoms with Gasteiger partial charge in [0.1, 0.15) is 0 Å². The third-order valence-corrected chi connectivity index (χ3v) is 3.57. The first-order chi connectivity index (χ1) is 8.94. The zero-order chi connectivity index (χ0) is 14.0. The Morgan fingerprint density at radius 1 is 1.21 bits per heavy atom. The Kier molecular flexibility index (Phi) is 3.66. The molecule has 1 aromatic heterocycles. The minimum atomic E-state index is 0.354. The molecule has 0 aliphatic heterocycles. The van der Waals surface area contributed by atoms with Crippen molar-refractivity contribution in [1.29, 1.82) is 5.26 Å². The monoisotopic (exact) mass is 254 g/mol. The second kappa shape index (κ2) is 5.09. The van der Waals surface area contributed by atoms with E-state index in [1.165, 1.54) is 23.0 Å². The lowest BCUT2D eigenvalue weighted by molar-refractivity contribution is 0.374. The molecule has 2 rings (SSSR count). The first kappa shape index (κ1) is 13.7. The number of hydrogen-bond donors (Lipinski definition) is 0. The van der Waals surface area contributed by atoms with Crippen LogP contribution in [0.1, 0.15) is 45.4 Å². The van der Waals surface area contributed by atoms with Gasteiger partial charge in [-0.1, -0.05) is 26.8 Å². The molecule has 0 aliphatic rings. The van der Waals surface area contributed by atoms with E-state index >= 15 is 0 Å². The molecule has 0 amide bonds. The topological polar surface area (TPSA) is 28.7 Å². The van der Waals surface area contributed by atoms with Gasteiger partial charge in [0, 0.05) is 17.8 Å². The Bertz CT molecular complexity index is 621. The van der Waals surface area contributed by atoms with Crippen molar-refractivity contribution in [2.45, 2.75) is 47.1 Å². The van der Waals surface area contributed by atoms with Crippen molar-refractivity contribution in [3.05, 3.63) is 35.5 Å². The van der Waals surface area contributed by atoms with E-state index in [1.54, 1.807) is 0 Å². The normalized spacial score (nSPS) is 11.7. The Balaban J connectivity index is 2.42. The lowest BCUT2D eigenvalue weighted by atomic mass is 9.90. The van der Waals surface area contributed by atoms with E-state index in [4.69, 9.17) is 5.26 Å². The summed E-state index contributed by atoms with van der Waals surface area (Å²) in [7, 11) is 0. The minimum absolute atomic E-state index is 0.354. The van der Waals surface area contributed by atoms with E-state index in [2.05, 4.69) is 50.5 Å². The summed E-state index contributed by atoms with van der Waals surface area (Å²) in [6.07, 6.45) is 2.27. The lowest BCUT2D eigenvalue weighted by Gasteiger charge is -2.18. The summed E-state index contributed by atoms with van der Waals surface area (Å²) in [6.45, 7) is 9.95. The van der Waals surface area contributed by atoms with Crippen LogP contribution in [0, 0.1) is 16.7 Å². The van der Waals surface area contributed by atoms with Gasteiger partial charge in [0.2, 0.25) is 0 Å². The van der Waals surface area contributed by atoms with Crippen LogP contribution < -0.4 is 0 Å². The van der Waals surface area contributed by atoms with Crippen molar-refractivity contribution in [2.24, 2.45) is 5.41 Å². The van der Waals surface area contributed by atoms with Crippen molar-refractivity contribution in [3.8, 4) is 6.07 Å². The molecular weight excluding hydrogens is 232 g/mol. The maximum Gasteiger partial charge on any atom is 0.0992 e. The maximum absolute atomic E-state index is 9.02.